The maximum atomic E-state index is 10.7. The lowest BCUT2D eigenvalue weighted by Crippen LogP contribution is -2.70. The second-order valence-corrected chi connectivity index (χ2v) is 6.85. The molecule has 0 aliphatic heterocycles. The number of nitrogens with zero attached hydrogens (tertiary/aromatic N) is 1. The molecular formula is C14H25NO2. The van der Waals surface area contributed by atoms with Crippen molar-refractivity contribution in [1.82, 2.24) is 4.90 Å². The third kappa shape index (κ3) is 1.66. The van der Waals surface area contributed by atoms with Crippen molar-refractivity contribution in [3.05, 3.63) is 0 Å². The molecule has 0 radical (unpaired) electrons. The average molecular weight is 239 g/mol. The van der Waals surface area contributed by atoms with Crippen LogP contribution in [0.1, 0.15) is 52.4 Å². The zero-order valence-electron chi connectivity index (χ0n) is 11.1. The molecule has 2 unspecified atom stereocenters. The van der Waals surface area contributed by atoms with Gasteiger partial charge in [0.1, 0.15) is 0 Å². The number of hydrogen-bond donors (Lipinski definition) is 2. The normalized spacial score (nSPS) is 52.4. The van der Waals surface area contributed by atoms with Crippen molar-refractivity contribution in [3.8, 4) is 0 Å². The largest absolute Gasteiger partial charge is 0.390 e. The van der Waals surface area contributed by atoms with Gasteiger partial charge in [-0.05, 0) is 51.1 Å². The van der Waals surface area contributed by atoms with E-state index >= 15 is 0 Å². The van der Waals surface area contributed by atoms with Gasteiger partial charge in [0.15, 0.2) is 0 Å². The van der Waals surface area contributed by atoms with Gasteiger partial charge in [0, 0.05) is 12.0 Å². The first kappa shape index (κ1) is 11.9. The van der Waals surface area contributed by atoms with Crippen LogP contribution in [0.5, 0.6) is 0 Å². The Morgan fingerprint density at radius 3 is 1.88 bits per heavy atom. The van der Waals surface area contributed by atoms with Gasteiger partial charge in [0.2, 0.25) is 0 Å². The van der Waals surface area contributed by atoms with Crippen molar-refractivity contribution in [2.75, 3.05) is 13.1 Å². The lowest BCUT2D eigenvalue weighted by molar-refractivity contribution is -0.234. The predicted octanol–water partition coefficient (Wildman–Crippen LogP) is 1.53. The summed E-state index contributed by atoms with van der Waals surface area (Å²) in [5.41, 5.74) is -1.10. The molecule has 0 aromatic heterocycles. The maximum Gasteiger partial charge on any atom is 0.0695 e. The Morgan fingerprint density at radius 1 is 0.941 bits per heavy atom. The highest BCUT2D eigenvalue weighted by atomic mass is 16.3. The first-order valence-electron chi connectivity index (χ1n) is 7.12. The summed E-state index contributed by atoms with van der Waals surface area (Å²) in [5, 5.41) is 21.4. The number of hydrogen-bond acceptors (Lipinski definition) is 3. The third-order valence-electron chi connectivity index (χ3n) is 5.41. The van der Waals surface area contributed by atoms with E-state index in [4.69, 9.17) is 0 Å². The predicted molar refractivity (Wildman–Crippen MR) is 66.7 cm³/mol. The molecule has 2 N–H and O–H groups in total. The van der Waals surface area contributed by atoms with E-state index in [1.165, 1.54) is 6.42 Å². The van der Waals surface area contributed by atoms with Gasteiger partial charge >= 0.3 is 0 Å². The smallest absolute Gasteiger partial charge is 0.0695 e. The standard InChI is InChI=1S/C14H25NO2/c1-3-15(4-2)12-5-11-6-13(16,8-12)10-14(17,7-11)9-12/h11,16-17H,3-10H2,1-2H3. The molecule has 0 spiro atoms. The molecule has 0 aromatic rings. The second kappa shape index (κ2) is 3.46. The van der Waals surface area contributed by atoms with Gasteiger partial charge in [-0.25, -0.2) is 0 Å². The van der Waals surface area contributed by atoms with Crippen molar-refractivity contribution in [2.45, 2.75) is 69.1 Å². The molecule has 3 nitrogen and oxygen atoms in total. The maximum absolute atomic E-state index is 10.7. The fourth-order valence-electron chi connectivity index (χ4n) is 5.53. The van der Waals surface area contributed by atoms with Crippen LogP contribution in [0.15, 0.2) is 0 Å². The highest BCUT2D eigenvalue weighted by molar-refractivity contribution is 5.18. The summed E-state index contributed by atoms with van der Waals surface area (Å²) in [6.07, 6.45) is 5.37. The summed E-state index contributed by atoms with van der Waals surface area (Å²) in [6, 6.07) is 0. The molecule has 4 aliphatic carbocycles. The Morgan fingerprint density at radius 2 is 1.47 bits per heavy atom. The zero-order valence-corrected chi connectivity index (χ0v) is 11.1. The first-order chi connectivity index (χ1) is 7.93. The van der Waals surface area contributed by atoms with E-state index in [1.54, 1.807) is 0 Å². The molecule has 17 heavy (non-hydrogen) atoms. The van der Waals surface area contributed by atoms with Gasteiger partial charge < -0.3 is 10.2 Å². The van der Waals surface area contributed by atoms with Crippen molar-refractivity contribution >= 4 is 0 Å². The van der Waals surface area contributed by atoms with Crippen LogP contribution in [-0.4, -0.2) is 44.9 Å². The minimum Gasteiger partial charge on any atom is -0.390 e. The molecular weight excluding hydrogens is 214 g/mol. The second-order valence-electron chi connectivity index (χ2n) is 6.85. The summed E-state index contributed by atoms with van der Waals surface area (Å²) in [7, 11) is 0. The summed E-state index contributed by atoms with van der Waals surface area (Å²) in [4.78, 5) is 2.48. The highest BCUT2D eigenvalue weighted by Gasteiger charge is 2.63. The molecule has 2 atom stereocenters. The van der Waals surface area contributed by atoms with Crippen molar-refractivity contribution < 1.29 is 10.2 Å². The van der Waals surface area contributed by atoms with Crippen LogP contribution in [0, 0.1) is 5.92 Å². The minimum atomic E-state index is -0.587. The van der Waals surface area contributed by atoms with Crippen LogP contribution in [0.4, 0.5) is 0 Å². The summed E-state index contributed by atoms with van der Waals surface area (Å²) < 4.78 is 0. The van der Waals surface area contributed by atoms with Crippen molar-refractivity contribution in [3.63, 3.8) is 0 Å². The molecule has 4 aliphatic rings. The quantitative estimate of drug-likeness (QED) is 0.785. The van der Waals surface area contributed by atoms with Crippen LogP contribution in [-0.2, 0) is 0 Å². The molecule has 0 saturated heterocycles. The molecule has 4 fully saturated rings. The van der Waals surface area contributed by atoms with Crippen molar-refractivity contribution in [1.29, 1.82) is 0 Å². The van der Waals surface area contributed by atoms with Gasteiger partial charge in [-0.2, -0.15) is 0 Å². The number of aliphatic hydroxyl groups is 2. The third-order valence-corrected chi connectivity index (χ3v) is 5.41. The van der Waals surface area contributed by atoms with Gasteiger partial charge in [0.25, 0.3) is 0 Å². The zero-order chi connectivity index (χ0) is 12.3. The Hall–Kier alpha value is -0.120. The van der Waals surface area contributed by atoms with Crippen LogP contribution in [0.25, 0.3) is 0 Å². The van der Waals surface area contributed by atoms with Gasteiger partial charge in [0.05, 0.1) is 11.2 Å². The van der Waals surface area contributed by atoms with E-state index in [0.29, 0.717) is 12.3 Å². The molecule has 0 aromatic carbocycles. The molecule has 0 amide bonds. The first-order valence-corrected chi connectivity index (χ1v) is 7.12. The monoisotopic (exact) mass is 239 g/mol. The average Bonchev–Trinajstić information content (AvgIpc) is 2.12. The van der Waals surface area contributed by atoms with E-state index < -0.39 is 11.2 Å². The fourth-order valence-corrected chi connectivity index (χ4v) is 5.53. The van der Waals surface area contributed by atoms with E-state index in [2.05, 4.69) is 18.7 Å². The highest BCUT2D eigenvalue weighted by Crippen LogP contribution is 2.60. The van der Waals surface area contributed by atoms with Crippen LogP contribution in [0.2, 0.25) is 0 Å². The molecule has 0 heterocycles. The topological polar surface area (TPSA) is 43.7 Å². The summed E-state index contributed by atoms with van der Waals surface area (Å²) in [6.45, 7) is 6.43. The minimum absolute atomic E-state index is 0.0758. The van der Waals surface area contributed by atoms with Crippen LogP contribution in [0.3, 0.4) is 0 Å². The summed E-state index contributed by atoms with van der Waals surface area (Å²) in [5.74, 6) is 0.529. The van der Waals surface area contributed by atoms with E-state index in [1.807, 2.05) is 0 Å². The molecule has 4 bridgehead atoms. The van der Waals surface area contributed by atoms with E-state index in [-0.39, 0.29) is 5.54 Å². The van der Waals surface area contributed by atoms with Gasteiger partial charge in [-0.1, -0.05) is 13.8 Å². The molecule has 98 valence electrons. The van der Waals surface area contributed by atoms with E-state index in [9.17, 15) is 10.2 Å². The van der Waals surface area contributed by atoms with Crippen LogP contribution >= 0.6 is 0 Å². The Kier molecular flexibility index (Phi) is 2.43. The van der Waals surface area contributed by atoms with Crippen molar-refractivity contribution in [2.24, 2.45) is 5.92 Å². The molecule has 3 heteroatoms. The van der Waals surface area contributed by atoms with Gasteiger partial charge in [-0.3, -0.25) is 4.90 Å². The van der Waals surface area contributed by atoms with E-state index in [0.717, 1.165) is 38.8 Å². The molecule has 4 saturated carbocycles. The Bertz CT molecular complexity index is 308. The Labute approximate surface area is 104 Å². The van der Waals surface area contributed by atoms with Gasteiger partial charge in [-0.15, -0.1) is 0 Å². The van der Waals surface area contributed by atoms with Crippen LogP contribution < -0.4 is 0 Å². The Balaban J connectivity index is 1.97. The molecule has 4 rings (SSSR count). The summed E-state index contributed by atoms with van der Waals surface area (Å²) >= 11 is 0. The lowest BCUT2D eigenvalue weighted by atomic mass is 9.49. The lowest BCUT2D eigenvalue weighted by Gasteiger charge is -2.65. The SMILES string of the molecule is CCN(CC)C12CC3CC(O)(CC(O)(C3)C1)C2. The number of rotatable bonds is 3. The fraction of sp³-hybridized carbons (Fsp3) is 1.00.